The van der Waals surface area contributed by atoms with Gasteiger partial charge in [0.2, 0.25) is 0 Å². The number of hydrogen-bond acceptors (Lipinski definition) is 6. The zero-order valence-electron chi connectivity index (χ0n) is 13.2. The van der Waals surface area contributed by atoms with Crippen LogP contribution in [0.4, 0.5) is 4.79 Å². The molecule has 2 heterocycles. The molecule has 2 N–H and O–H groups in total. The number of alkyl carbamates (subject to hydrolysis) is 1. The Balaban J connectivity index is 1.57. The summed E-state index contributed by atoms with van der Waals surface area (Å²) in [6, 6.07) is 0.192. The molecule has 2 aliphatic rings. The largest absolute Gasteiger partial charge is 0.444 e. The summed E-state index contributed by atoms with van der Waals surface area (Å²) in [6.07, 6.45) is 2.68. The molecule has 0 radical (unpaired) electrons. The first-order valence-electron chi connectivity index (χ1n) is 7.66. The normalized spacial score (nSPS) is 30.5. The maximum Gasteiger partial charge on any atom is 0.407 e. The molecule has 1 saturated carbocycles. The molecule has 2 fully saturated rings. The van der Waals surface area contributed by atoms with Crippen molar-refractivity contribution in [1.29, 1.82) is 0 Å². The van der Waals surface area contributed by atoms with Gasteiger partial charge < -0.3 is 20.1 Å². The molecule has 1 aromatic rings. The number of thiazole rings is 1. The third-order valence-corrected chi connectivity index (χ3v) is 4.84. The van der Waals surface area contributed by atoms with Crippen LogP contribution in [-0.4, -0.2) is 41.5 Å². The monoisotopic (exact) mass is 325 g/mol. The van der Waals surface area contributed by atoms with Gasteiger partial charge in [0, 0.05) is 30.1 Å². The topological polar surface area (TPSA) is 72.5 Å². The predicted octanol–water partition coefficient (Wildman–Crippen LogP) is 1.91. The molecule has 1 saturated heterocycles. The van der Waals surface area contributed by atoms with Crippen LogP contribution in [0.25, 0.3) is 0 Å². The molecule has 1 aliphatic heterocycles. The van der Waals surface area contributed by atoms with Crippen LogP contribution in [0.3, 0.4) is 0 Å². The fraction of sp³-hybridized carbons (Fsp3) is 0.733. The standard InChI is InChI=1S/C15H23N3O3S/c1-15(2,3)21-14(19)18-11-10-4-5-20-13(10)12(11)17-7-9-6-16-8-22-9/h6,8,10-13,17H,4-5,7H2,1-3H3,(H,18,19). The second kappa shape index (κ2) is 6.14. The molecule has 4 atom stereocenters. The summed E-state index contributed by atoms with van der Waals surface area (Å²) in [7, 11) is 0. The average Bonchev–Trinajstić information content (AvgIpc) is 3.04. The van der Waals surface area contributed by atoms with Gasteiger partial charge in [-0.3, -0.25) is 4.98 Å². The molecule has 1 aromatic heterocycles. The molecule has 6 nitrogen and oxygen atoms in total. The van der Waals surface area contributed by atoms with Crippen LogP contribution in [0.5, 0.6) is 0 Å². The first-order valence-corrected chi connectivity index (χ1v) is 8.54. The minimum Gasteiger partial charge on any atom is -0.444 e. The van der Waals surface area contributed by atoms with Gasteiger partial charge in [0.25, 0.3) is 0 Å². The van der Waals surface area contributed by atoms with Crippen molar-refractivity contribution < 1.29 is 14.3 Å². The van der Waals surface area contributed by atoms with E-state index in [1.807, 2.05) is 32.5 Å². The van der Waals surface area contributed by atoms with Crippen LogP contribution in [0.2, 0.25) is 0 Å². The molecular formula is C15H23N3O3S. The van der Waals surface area contributed by atoms with E-state index in [0.29, 0.717) is 5.92 Å². The number of aromatic nitrogens is 1. The van der Waals surface area contributed by atoms with Gasteiger partial charge in [-0.25, -0.2) is 4.79 Å². The Morgan fingerprint density at radius 3 is 3.00 bits per heavy atom. The lowest BCUT2D eigenvalue weighted by atomic mass is 9.71. The second-order valence-corrected chi connectivity index (χ2v) is 7.81. The minimum atomic E-state index is -0.481. The molecule has 1 aliphatic carbocycles. The first kappa shape index (κ1) is 15.7. The molecular weight excluding hydrogens is 302 g/mol. The van der Waals surface area contributed by atoms with E-state index in [-0.39, 0.29) is 24.3 Å². The Bertz CT molecular complexity index is 515. The highest BCUT2D eigenvalue weighted by molar-refractivity contribution is 7.09. The highest BCUT2D eigenvalue weighted by Crippen LogP contribution is 2.39. The first-order chi connectivity index (χ1) is 10.4. The van der Waals surface area contributed by atoms with Gasteiger partial charge in [0.15, 0.2) is 0 Å². The number of rotatable bonds is 4. The average molecular weight is 325 g/mol. The van der Waals surface area contributed by atoms with Crippen LogP contribution in [0.1, 0.15) is 32.1 Å². The SMILES string of the molecule is CC(C)(C)OC(=O)NC1C2CCOC2C1NCc1cncs1. The number of carbonyl (C=O) groups is 1. The summed E-state index contributed by atoms with van der Waals surface area (Å²) >= 11 is 1.62. The number of fused-ring (bicyclic) bond motifs is 1. The molecule has 0 aromatic carbocycles. The number of nitrogens with one attached hydrogen (secondary N) is 2. The molecule has 122 valence electrons. The van der Waals surface area contributed by atoms with Crippen molar-refractivity contribution in [3.8, 4) is 0 Å². The molecule has 0 spiro atoms. The Kier molecular flexibility index (Phi) is 4.38. The van der Waals surface area contributed by atoms with E-state index in [2.05, 4.69) is 15.6 Å². The smallest absolute Gasteiger partial charge is 0.407 e. The zero-order valence-corrected chi connectivity index (χ0v) is 14.0. The third kappa shape index (κ3) is 3.42. The van der Waals surface area contributed by atoms with Crippen molar-refractivity contribution in [3.63, 3.8) is 0 Å². The van der Waals surface area contributed by atoms with Gasteiger partial charge in [-0.1, -0.05) is 0 Å². The molecule has 1 amide bonds. The van der Waals surface area contributed by atoms with E-state index in [1.54, 1.807) is 11.3 Å². The number of amides is 1. The van der Waals surface area contributed by atoms with Crippen molar-refractivity contribution >= 4 is 17.4 Å². The van der Waals surface area contributed by atoms with Crippen LogP contribution in [-0.2, 0) is 16.0 Å². The maximum absolute atomic E-state index is 12.0. The summed E-state index contributed by atoms with van der Waals surface area (Å²) < 4.78 is 11.1. The van der Waals surface area contributed by atoms with Crippen molar-refractivity contribution in [3.05, 3.63) is 16.6 Å². The van der Waals surface area contributed by atoms with Crippen molar-refractivity contribution in [2.45, 2.75) is 57.5 Å². The maximum atomic E-state index is 12.0. The van der Waals surface area contributed by atoms with Crippen molar-refractivity contribution in [1.82, 2.24) is 15.6 Å². The molecule has 22 heavy (non-hydrogen) atoms. The van der Waals surface area contributed by atoms with E-state index in [9.17, 15) is 4.79 Å². The fourth-order valence-corrected chi connectivity index (χ4v) is 3.68. The molecule has 4 unspecified atom stereocenters. The van der Waals surface area contributed by atoms with Gasteiger partial charge in [-0.15, -0.1) is 11.3 Å². The van der Waals surface area contributed by atoms with Crippen molar-refractivity contribution in [2.24, 2.45) is 5.92 Å². The van der Waals surface area contributed by atoms with Crippen molar-refractivity contribution in [2.75, 3.05) is 6.61 Å². The van der Waals surface area contributed by atoms with Gasteiger partial charge in [0.1, 0.15) is 5.60 Å². The van der Waals surface area contributed by atoms with E-state index in [1.165, 1.54) is 4.88 Å². The number of carbonyl (C=O) groups excluding carboxylic acids is 1. The Hall–Kier alpha value is -1.18. The van der Waals surface area contributed by atoms with Gasteiger partial charge >= 0.3 is 6.09 Å². The Labute approximate surface area is 134 Å². The van der Waals surface area contributed by atoms with E-state index < -0.39 is 5.60 Å². The third-order valence-electron chi connectivity index (χ3n) is 4.06. The molecule has 0 bridgehead atoms. The minimum absolute atomic E-state index is 0.0651. The van der Waals surface area contributed by atoms with Crippen LogP contribution in [0, 0.1) is 5.92 Å². The lowest BCUT2D eigenvalue weighted by Gasteiger charge is -2.48. The molecule has 3 rings (SSSR count). The quantitative estimate of drug-likeness (QED) is 0.885. The number of ether oxygens (including phenoxy) is 2. The highest BCUT2D eigenvalue weighted by atomic mass is 32.1. The van der Waals surface area contributed by atoms with E-state index >= 15 is 0 Å². The van der Waals surface area contributed by atoms with E-state index in [0.717, 1.165) is 19.6 Å². The fourth-order valence-electron chi connectivity index (χ4n) is 3.14. The van der Waals surface area contributed by atoms with Crippen LogP contribution >= 0.6 is 11.3 Å². The van der Waals surface area contributed by atoms with Gasteiger partial charge in [-0.2, -0.15) is 0 Å². The summed E-state index contributed by atoms with van der Waals surface area (Å²) in [6.45, 7) is 7.12. The summed E-state index contributed by atoms with van der Waals surface area (Å²) in [4.78, 5) is 17.3. The van der Waals surface area contributed by atoms with Crippen LogP contribution in [0.15, 0.2) is 11.7 Å². The van der Waals surface area contributed by atoms with Gasteiger partial charge in [-0.05, 0) is 27.2 Å². The zero-order chi connectivity index (χ0) is 15.7. The number of hydrogen-bond donors (Lipinski definition) is 2. The Morgan fingerprint density at radius 2 is 2.32 bits per heavy atom. The van der Waals surface area contributed by atoms with Gasteiger partial charge in [0.05, 0.1) is 23.7 Å². The highest BCUT2D eigenvalue weighted by Gasteiger charge is 2.54. The lowest BCUT2D eigenvalue weighted by molar-refractivity contribution is -0.0343. The Morgan fingerprint density at radius 1 is 1.50 bits per heavy atom. The second-order valence-electron chi connectivity index (χ2n) is 6.83. The lowest BCUT2D eigenvalue weighted by Crippen LogP contribution is -2.70. The summed E-state index contributed by atoms with van der Waals surface area (Å²) in [5.41, 5.74) is 1.34. The summed E-state index contributed by atoms with van der Waals surface area (Å²) in [5, 5.41) is 6.50. The number of nitrogens with zero attached hydrogens (tertiary/aromatic N) is 1. The summed E-state index contributed by atoms with van der Waals surface area (Å²) in [5.74, 6) is 0.381. The molecule has 7 heteroatoms. The predicted molar refractivity (Wildman–Crippen MR) is 83.7 cm³/mol. The van der Waals surface area contributed by atoms with E-state index in [4.69, 9.17) is 9.47 Å². The van der Waals surface area contributed by atoms with Crippen LogP contribution < -0.4 is 10.6 Å².